The van der Waals surface area contributed by atoms with Crippen molar-refractivity contribution in [1.29, 1.82) is 0 Å². The number of hydrogen-bond acceptors (Lipinski definition) is 4. The van der Waals surface area contributed by atoms with Crippen LogP contribution in [0.25, 0.3) is 0 Å². The number of phenols is 1. The van der Waals surface area contributed by atoms with Gasteiger partial charge >= 0.3 is 0 Å². The number of aromatic hydroxyl groups is 1. The summed E-state index contributed by atoms with van der Waals surface area (Å²) < 4.78 is 5.83. The van der Waals surface area contributed by atoms with E-state index in [1.54, 1.807) is 20.8 Å². The highest BCUT2D eigenvalue weighted by atomic mass is 16.5. The Bertz CT molecular complexity index is 519. The van der Waals surface area contributed by atoms with E-state index in [1.165, 1.54) is 0 Å². The van der Waals surface area contributed by atoms with Crippen molar-refractivity contribution in [3.05, 3.63) is 22.3 Å². The third-order valence-corrected chi connectivity index (χ3v) is 4.21. The lowest BCUT2D eigenvalue weighted by Gasteiger charge is -2.34. The lowest BCUT2D eigenvalue weighted by atomic mass is 9.79. The van der Waals surface area contributed by atoms with Crippen LogP contribution in [-0.4, -0.2) is 27.5 Å². The fraction of sp³-hybridized carbons (Fsp3) is 0.571. The zero-order valence-corrected chi connectivity index (χ0v) is 11.5. The van der Waals surface area contributed by atoms with Gasteiger partial charge in [-0.05, 0) is 45.7 Å². The van der Waals surface area contributed by atoms with Crippen molar-refractivity contribution in [2.75, 3.05) is 6.61 Å². The van der Waals surface area contributed by atoms with Gasteiger partial charge in [0.25, 0.3) is 0 Å². The van der Waals surface area contributed by atoms with Gasteiger partial charge in [-0.1, -0.05) is 0 Å². The van der Waals surface area contributed by atoms with Crippen LogP contribution < -0.4 is 4.74 Å². The van der Waals surface area contributed by atoms with Crippen LogP contribution in [0.1, 0.15) is 36.1 Å². The minimum absolute atomic E-state index is 0.152. The number of ether oxygens (including phenoxy) is 1. The summed E-state index contributed by atoms with van der Waals surface area (Å²) in [7, 11) is 0. The summed E-state index contributed by atoms with van der Waals surface area (Å²) in [5, 5.41) is 30.4. The number of fused-ring (bicyclic) bond motifs is 1. The fourth-order valence-corrected chi connectivity index (χ4v) is 2.64. The molecule has 0 aliphatic carbocycles. The third-order valence-electron chi connectivity index (χ3n) is 4.21. The first-order valence-corrected chi connectivity index (χ1v) is 6.03. The summed E-state index contributed by atoms with van der Waals surface area (Å²) in [4.78, 5) is 0. The van der Waals surface area contributed by atoms with E-state index in [-0.39, 0.29) is 5.75 Å². The molecule has 3 N–H and O–H groups in total. The van der Waals surface area contributed by atoms with Gasteiger partial charge in [0.1, 0.15) is 17.1 Å². The first kappa shape index (κ1) is 13.2. The molecule has 100 valence electrons. The minimum atomic E-state index is -1.50. The second-order valence-corrected chi connectivity index (χ2v) is 5.56. The number of benzene rings is 1. The van der Waals surface area contributed by atoms with Crippen molar-refractivity contribution in [2.24, 2.45) is 0 Å². The van der Waals surface area contributed by atoms with E-state index in [1.807, 2.05) is 13.8 Å². The van der Waals surface area contributed by atoms with Crippen molar-refractivity contribution >= 4 is 0 Å². The molecule has 1 unspecified atom stereocenters. The zero-order valence-electron chi connectivity index (χ0n) is 11.5. The molecule has 0 bridgehead atoms. The molecule has 18 heavy (non-hydrogen) atoms. The molecule has 2 rings (SSSR count). The minimum Gasteiger partial charge on any atom is -0.507 e. The quantitative estimate of drug-likeness (QED) is 0.711. The van der Waals surface area contributed by atoms with Crippen LogP contribution in [0.3, 0.4) is 0 Å². The Morgan fingerprint density at radius 3 is 2.11 bits per heavy atom. The molecule has 1 atom stereocenters. The summed E-state index contributed by atoms with van der Waals surface area (Å²) in [6, 6.07) is 0. The van der Waals surface area contributed by atoms with Crippen LogP contribution in [-0.2, 0) is 5.60 Å². The van der Waals surface area contributed by atoms with E-state index in [0.29, 0.717) is 16.9 Å². The highest BCUT2D eigenvalue weighted by Crippen LogP contribution is 2.53. The molecule has 0 aromatic heterocycles. The average Bonchev–Trinajstić information content (AvgIpc) is 2.53. The van der Waals surface area contributed by atoms with Gasteiger partial charge in [-0.3, -0.25) is 0 Å². The average molecular weight is 252 g/mol. The molecule has 0 amide bonds. The summed E-state index contributed by atoms with van der Waals surface area (Å²) in [6.45, 7) is 8.39. The Morgan fingerprint density at radius 2 is 1.61 bits per heavy atom. The molecule has 0 spiro atoms. The van der Waals surface area contributed by atoms with Gasteiger partial charge < -0.3 is 20.1 Å². The molecule has 0 saturated heterocycles. The molecule has 4 heteroatoms. The highest BCUT2D eigenvalue weighted by Gasteiger charge is 2.55. The molecule has 1 heterocycles. The Kier molecular flexibility index (Phi) is 2.65. The SMILES string of the molecule is Cc1c(C)c2c(c(C)c1O)C(O)(CO)C(C)(C)O2. The van der Waals surface area contributed by atoms with Crippen LogP contribution in [0.4, 0.5) is 0 Å². The Morgan fingerprint density at radius 1 is 1.06 bits per heavy atom. The summed E-state index contributed by atoms with van der Waals surface area (Å²) >= 11 is 0. The topological polar surface area (TPSA) is 69.9 Å². The monoisotopic (exact) mass is 252 g/mol. The van der Waals surface area contributed by atoms with Gasteiger partial charge in [-0.15, -0.1) is 0 Å². The second kappa shape index (κ2) is 3.62. The molecular formula is C14H20O4. The predicted molar refractivity (Wildman–Crippen MR) is 68.0 cm³/mol. The first-order chi connectivity index (χ1) is 8.17. The smallest absolute Gasteiger partial charge is 0.155 e. The number of rotatable bonds is 1. The third kappa shape index (κ3) is 1.33. The van der Waals surface area contributed by atoms with Crippen LogP contribution in [0, 0.1) is 20.8 Å². The van der Waals surface area contributed by atoms with Crippen LogP contribution in [0.5, 0.6) is 11.5 Å². The van der Waals surface area contributed by atoms with Crippen molar-refractivity contribution in [3.8, 4) is 11.5 Å². The predicted octanol–water partition coefficient (Wildman–Crippen LogP) is 1.67. The van der Waals surface area contributed by atoms with Crippen molar-refractivity contribution in [2.45, 2.75) is 45.8 Å². The van der Waals surface area contributed by atoms with Gasteiger partial charge in [0, 0.05) is 11.1 Å². The van der Waals surface area contributed by atoms with E-state index in [4.69, 9.17) is 4.74 Å². The molecule has 4 nitrogen and oxygen atoms in total. The largest absolute Gasteiger partial charge is 0.507 e. The fourth-order valence-electron chi connectivity index (χ4n) is 2.64. The molecule has 1 aliphatic heterocycles. The van der Waals surface area contributed by atoms with Crippen LogP contribution in [0.2, 0.25) is 0 Å². The van der Waals surface area contributed by atoms with Gasteiger partial charge in [0.2, 0.25) is 0 Å². The maximum absolute atomic E-state index is 10.7. The van der Waals surface area contributed by atoms with E-state index >= 15 is 0 Å². The number of phenolic OH excluding ortho intramolecular Hbond substituents is 1. The first-order valence-electron chi connectivity index (χ1n) is 6.03. The van der Waals surface area contributed by atoms with Crippen LogP contribution >= 0.6 is 0 Å². The van der Waals surface area contributed by atoms with Crippen molar-refractivity contribution < 1.29 is 20.1 Å². The zero-order chi connectivity index (χ0) is 13.9. The molecule has 0 radical (unpaired) electrons. The number of aliphatic hydroxyl groups is 2. The van der Waals surface area contributed by atoms with E-state index in [0.717, 1.165) is 11.1 Å². The van der Waals surface area contributed by atoms with Crippen LogP contribution in [0.15, 0.2) is 0 Å². The standard InChI is InChI=1S/C14H20O4/c1-7-8(2)12-10(9(3)11(7)16)14(17,6-15)13(4,5)18-12/h15-17H,6H2,1-5H3. The second-order valence-electron chi connectivity index (χ2n) is 5.56. The van der Waals surface area contributed by atoms with E-state index < -0.39 is 17.8 Å². The van der Waals surface area contributed by atoms with Gasteiger partial charge in [0.05, 0.1) is 6.61 Å². The van der Waals surface area contributed by atoms with Gasteiger partial charge in [0.15, 0.2) is 5.60 Å². The highest BCUT2D eigenvalue weighted by molar-refractivity contribution is 5.62. The summed E-state index contributed by atoms with van der Waals surface area (Å²) in [6.07, 6.45) is 0. The Labute approximate surface area is 107 Å². The summed E-state index contributed by atoms with van der Waals surface area (Å²) in [5.74, 6) is 0.726. The van der Waals surface area contributed by atoms with Gasteiger partial charge in [-0.2, -0.15) is 0 Å². The molecule has 1 aromatic carbocycles. The van der Waals surface area contributed by atoms with Crippen molar-refractivity contribution in [3.63, 3.8) is 0 Å². The van der Waals surface area contributed by atoms with E-state index in [2.05, 4.69) is 0 Å². The normalized spacial score (nSPS) is 24.8. The molecule has 0 fully saturated rings. The lowest BCUT2D eigenvalue weighted by molar-refractivity contribution is -0.123. The summed E-state index contributed by atoms with van der Waals surface area (Å²) in [5.41, 5.74) is 0.169. The van der Waals surface area contributed by atoms with Crippen molar-refractivity contribution in [1.82, 2.24) is 0 Å². The number of hydrogen-bond donors (Lipinski definition) is 3. The molecule has 0 saturated carbocycles. The van der Waals surface area contributed by atoms with E-state index in [9.17, 15) is 15.3 Å². The maximum atomic E-state index is 10.7. The Hall–Kier alpha value is -1.26. The maximum Gasteiger partial charge on any atom is 0.155 e. The number of aliphatic hydroxyl groups excluding tert-OH is 1. The Balaban J connectivity index is 2.85. The van der Waals surface area contributed by atoms with Gasteiger partial charge in [-0.25, -0.2) is 0 Å². The lowest BCUT2D eigenvalue weighted by Crippen LogP contribution is -2.49. The molecule has 1 aliphatic rings. The molecular weight excluding hydrogens is 232 g/mol. The molecule has 1 aromatic rings.